The molecule has 0 spiro atoms. The molecule has 0 aliphatic heterocycles. The molecule has 0 N–H and O–H groups in total. The summed E-state index contributed by atoms with van der Waals surface area (Å²) in [4.78, 5) is 20.1. The van der Waals surface area contributed by atoms with E-state index >= 15 is 0 Å². The lowest BCUT2D eigenvalue weighted by molar-refractivity contribution is 0.0525. The molecule has 0 fully saturated rings. The molecule has 0 saturated heterocycles. The Hall–Kier alpha value is -1.68. The first kappa shape index (κ1) is 11.8. The van der Waals surface area contributed by atoms with Crippen LogP contribution in [-0.2, 0) is 10.6 Å². The normalized spacial score (nSPS) is 10.5. The van der Waals surface area contributed by atoms with Crippen LogP contribution < -0.4 is 0 Å². The van der Waals surface area contributed by atoms with Crippen LogP contribution in [0.15, 0.2) is 24.4 Å². The Bertz CT molecular complexity index is 557. The van der Waals surface area contributed by atoms with E-state index in [1.165, 1.54) is 0 Å². The van der Waals surface area contributed by atoms with Crippen LogP contribution in [0, 0.1) is 0 Å². The second-order valence-corrected chi connectivity index (χ2v) is 3.65. The number of pyridine rings is 2. The Balaban J connectivity index is 2.56. The number of fused-ring (bicyclic) bond motifs is 1. The second-order valence-electron chi connectivity index (χ2n) is 3.39. The maximum Gasteiger partial charge on any atom is 0.340 e. The molecule has 0 aliphatic carbocycles. The van der Waals surface area contributed by atoms with E-state index in [9.17, 15) is 4.79 Å². The van der Waals surface area contributed by atoms with Crippen molar-refractivity contribution in [3.05, 3.63) is 35.7 Å². The monoisotopic (exact) mass is 250 g/mol. The van der Waals surface area contributed by atoms with E-state index in [1.807, 2.05) is 6.07 Å². The minimum atomic E-state index is -0.401. The van der Waals surface area contributed by atoms with Crippen LogP contribution in [0.1, 0.15) is 23.0 Å². The summed E-state index contributed by atoms with van der Waals surface area (Å²) in [5, 5.41) is 0.796. The molecule has 0 atom stereocenters. The van der Waals surface area contributed by atoms with Crippen LogP contribution in [0.4, 0.5) is 0 Å². The Morgan fingerprint density at radius 2 is 2.35 bits per heavy atom. The highest BCUT2D eigenvalue weighted by Gasteiger charge is 2.14. The van der Waals surface area contributed by atoms with Gasteiger partial charge < -0.3 is 4.74 Å². The molecule has 5 heteroatoms. The van der Waals surface area contributed by atoms with Crippen molar-refractivity contribution < 1.29 is 9.53 Å². The zero-order chi connectivity index (χ0) is 12.3. The lowest BCUT2D eigenvalue weighted by Crippen LogP contribution is -2.09. The van der Waals surface area contributed by atoms with Gasteiger partial charge in [0, 0.05) is 11.6 Å². The summed E-state index contributed by atoms with van der Waals surface area (Å²) in [6.07, 6.45) is 1.65. The summed E-state index contributed by atoms with van der Waals surface area (Å²) in [5.41, 5.74) is 1.48. The molecular formula is C12H11ClN2O2. The van der Waals surface area contributed by atoms with Crippen molar-refractivity contribution in [2.75, 3.05) is 6.61 Å². The second kappa shape index (κ2) is 5.10. The number of halogens is 1. The third kappa shape index (κ3) is 2.36. The number of hydrogen-bond donors (Lipinski definition) is 0. The van der Waals surface area contributed by atoms with Gasteiger partial charge in [-0.2, -0.15) is 0 Å². The molecule has 0 radical (unpaired) electrons. The summed E-state index contributed by atoms with van der Waals surface area (Å²) in [5.74, 6) is -0.248. The van der Waals surface area contributed by atoms with Crippen molar-refractivity contribution in [3.63, 3.8) is 0 Å². The van der Waals surface area contributed by atoms with Crippen molar-refractivity contribution in [1.29, 1.82) is 0 Å². The van der Waals surface area contributed by atoms with Gasteiger partial charge in [-0.3, -0.25) is 0 Å². The van der Waals surface area contributed by atoms with Crippen molar-refractivity contribution in [3.8, 4) is 0 Å². The van der Waals surface area contributed by atoms with Crippen LogP contribution in [0.2, 0.25) is 0 Å². The van der Waals surface area contributed by atoms with Gasteiger partial charge in [0.05, 0.1) is 23.7 Å². The fraction of sp³-hybridized carbons (Fsp3) is 0.250. The van der Waals surface area contributed by atoms with E-state index in [1.54, 1.807) is 25.3 Å². The van der Waals surface area contributed by atoms with E-state index < -0.39 is 5.97 Å². The molecule has 88 valence electrons. The van der Waals surface area contributed by atoms with Crippen molar-refractivity contribution in [2.24, 2.45) is 0 Å². The van der Waals surface area contributed by atoms with Crippen LogP contribution >= 0.6 is 11.6 Å². The standard InChI is InChI=1S/C12H11ClN2O2/c1-2-17-12(16)9-6-8-4-3-5-14-11(8)15-10(9)7-13/h3-6H,2,7H2,1H3. The predicted octanol–water partition coefficient (Wildman–Crippen LogP) is 2.55. The largest absolute Gasteiger partial charge is 0.462 e. The fourth-order valence-corrected chi connectivity index (χ4v) is 1.73. The minimum absolute atomic E-state index is 0.153. The number of alkyl halides is 1. The number of carbonyl (C=O) groups excluding carboxylic acids is 1. The van der Waals surface area contributed by atoms with Crippen molar-refractivity contribution in [2.45, 2.75) is 12.8 Å². The number of carbonyl (C=O) groups is 1. The number of rotatable bonds is 3. The Labute approximate surface area is 104 Å². The molecule has 0 amide bonds. The van der Waals surface area contributed by atoms with Crippen LogP contribution in [0.25, 0.3) is 11.0 Å². The number of esters is 1. The smallest absolute Gasteiger partial charge is 0.340 e. The van der Waals surface area contributed by atoms with Gasteiger partial charge >= 0.3 is 5.97 Å². The van der Waals surface area contributed by atoms with Gasteiger partial charge in [0.2, 0.25) is 0 Å². The van der Waals surface area contributed by atoms with Crippen molar-refractivity contribution in [1.82, 2.24) is 9.97 Å². The Kier molecular flexibility index (Phi) is 3.54. The molecule has 2 rings (SSSR count). The highest BCUT2D eigenvalue weighted by molar-refractivity contribution is 6.17. The number of hydrogen-bond acceptors (Lipinski definition) is 4. The summed E-state index contributed by atoms with van der Waals surface area (Å²) in [7, 11) is 0. The van der Waals surface area contributed by atoms with Crippen LogP contribution in [0.5, 0.6) is 0 Å². The van der Waals surface area contributed by atoms with E-state index in [0.29, 0.717) is 23.5 Å². The van der Waals surface area contributed by atoms with Gasteiger partial charge in [0.25, 0.3) is 0 Å². The molecule has 2 aromatic heterocycles. The average molecular weight is 251 g/mol. The maximum absolute atomic E-state index is 11.7. The van der Waals surface area contributed by atoms with Gasteiger partial charge in [-0.25, -0.2) is 14.8 Å². The van der Waals surface area contributed by atoms with E-state index in [-0.39, 0.29) is 5.88 Å². The Morgan fingerprint density at radius 3 is 3.06 bits per heavy atom. The summed E-state index contributed by atoms with van der Waals surface area (Å²) in [6, 6.07) is 5.35. The van der Waals surface area contributed by atoms with Crippen molar-refractivity contribution >= 4 is 28.6 Å². The topological polar surface area (TPSA) is 52.1 Å². The molecule has 2 heterocycles. The molecule has 2 aromatic rings. The molecule has 17 heavy (non-hydrogen) atoms. The number of ether oxygens (including phenoxy) is 1. The molecule has 0 bridgehead atoms. The minimum Gasteiger partial charge on any atom is -0.462 e. The fourth-order valence-electron chi connectivity index (χ4n) is 1.53. The first-order valence-electron chi connectivity index (χ1n) is 5.24. The molecule has 4 nitrogen and oxygen atoms in total. The highest BCUT2D eigenvalue weighted by atomic mass is 35.5. The summed E-state index contributed by atoms with van der Waals surface area (Å²) in [6.45, 7) is 2.08. The predicted molar refractivity (Wildman–Crippen MR) is 65.1 cm³/mol. The summed E-state index contributed by atoms with van der Waals surface area (Å²) < 4.78 is 4.96. The van der Waals surface area contributed by atoms with E-state index in [4.69, 9.17) is 16.3 Å². The third-order valence-electron chi connectivity index (χ3n) is 2.29. The van der Waals surface area contributed by atoms with E-state index in [0.717, 1.165) is 5.39 Å². The Morgan fingerprint density at radius 1 is 1.53 bits per heavy atom. The molecule has 0 unspecified atom stereocenters. The highest BCUT2D eigenvalue weighted by Crippen LogP contribution is 2.17. The van der Waals surface area contributed by atoms with Crippen LogP contribution in [-0.4, -0.2) is 22.5 Å². The zero-order valence-electron chi connectivity index (χ0n) is 9.31. The molecule has 0 saturated carbocycles. The summed E-state index contributed by atoms with van der Waals surface area (Å²) >= 11 is 5.78. The van der Waals surface area contributed by atoms with Gasteiger partial charge in [-0.05, 0) is 25.1 Å². The number of nitrogens with zero attached hydrogens (tertiary/aromatic N) is 2. The van der Waals surface area contributed by atoms with Gasteiger partial charge in [-0.1, -0.05) is 0 Å². The number of aromatic nitrogens is 2. The van der Waals surface area contributed by atoms with Crippen LogP contribution in [0.3, 0.4) is 0 Å². The molecular weight excluding hydrogens is 240 g/mol. The third-order valence-corrected chi connectivity index (χ3v) is 2.54. The lowest BCUT2D eigenvalue weighted by atomic mass is 10.1. The van der Waals surface area contributed by atoms with Gasteiger partial charge in [-0.15, -0.1) is 11.6 Å². The molecule has 0 aliphatic rings. The van der Waals surface area contributed by atoms with Gasteiger partial charge in [0.1, 0.15) is 0 Å². The maximum atomic E-state index is 11.7. The SMILES string of the molecule is CCOC(=O)c1cc2cccnc2nc1CCl. The van der Waals surface area contributed by atoms with Gasteiger partial charge in [0.15, 0.2) is 5.65 Å². The zero-order valence-corrected chi connectivity index (χ0v) is 10.1. The van der Waals surface area contributed by atoms with E-state index in [2.05, 4.69) is 9.97 Å². The quantitative estimate of drug-likeness (QED) is 0.621. The first-order valence-corrected chi connectivity index (χ1v) is 5.77. The average Bonchev–Trinajstić information content (AvgIpc) is 2.37. The molecule has 0 aromatic carbocycles. The first-order chi connectivity index (χ1) is 8.26. The lowest BCUT2D eigenvalue weighted by Gasteiger charge is -2.07.